The Morgan fingerprint density at radius 2 is 1.71 bits per heavy atom. The van der Waals surface area contributed by atoms with E-state index in [9.17, 15) is 25.2 Å². The van der Waals surface area contributed by atoms with Gasteiger partial charge in [0.15, 0.2) is 0 Å². The Morgan fingerprint density at radius 3 is 2.36 bits per heavy atom. The van der Waals surface area contributed by atoms with Crippen LogP contribution in [0, 0.1) is 0 Å². The quantitative estimate of drug-likeness (QED) is 0.538. The molecule has 0 radical (unpaired) electrons. The lowest BCUT2D eigenvalue weighted by molar-refractivity contribution is -0.277. The number of rotatable bonds is 5. The average molecular weight is 390 g/mol. The summed E-state index contributed by atoms with van der Waals surface area (Å²) in [6.07, 6.45) is -6.74. The first-order valence-electron chi connectivity index (χ1n) is 8.70. The van der Waals surface area contributed by atoms with Crippen molar-refractivity contribution in [1.82, 2.24) is 0 Å². The van der Waals surface area contributed by atoms with Gasteiger partial charge in [-0.15, -0.1) is 0 Å². The zero-order valence-electron chi connectivity index (χ0n) is 15.1. The number of carbonyl (C=O) groups excluding carboxylic acids is 1. The van der Waals surface area contributed by atoms with Crippen LogP contribution in [0.15, 0.2) is 48.5 Å². The minimum Gasteiger partial charge on any atom is -0.465 e. The van der Waals surface area contributed by atoms with Crippen molar-refractivity contribution < 1.29 is 39.4 Å². The molecule has 1 saturated heterocycles. The number of aliphatic hydroxyl groups excluding tert-OH is 4. The lowest BCUT2D eigenvalue weighted by atomic mass is 9.99. The van der Waals surface area contributed by atoms with Crippen LogP contribution in [0.3, 0.4) is 0 Å². The maximum Gasteiger partial charge on any atom is 0.337 e. The Morgan fingerprint density at radius 1 is 1.00 bits per heavy atom. The summed E-state index contributed by atoms with van der Waals surface area (Å²) in [6.45, 7) is -0.530. The molecule has 1 aliphatic heterocycles. The lowest BCUT2D eigenvalue weighted by Crippen LogP contribution is -2.60. The van der Waals surface area contributed by atoms with Crippen molar-refractivity contribution in [3.63, 3.8) is 0 Å². The molecule has 4 N–H and O–H groups in total. The van der Waals surface area contributed by atoms with Gasteiger partial charge in [-0.2, -0.15) is 0 Å². The molecule has 2 unspecified atom stereocenters. The highest BCUT2D eigenvalue weighted by Crippen LogP contribution is 2.28. The fourth-order valence-corrected chi connectivity index (χ4v) is 2.96. The molecule has 0 spiro atoms. The third-order valence-corrected chi connectivity index (χ3v) is 4.57. The Labute approximate surface area is 161 Å². The molecular weight excluding hydrogens is 368 g/mol. The van der Waals surface area contributed by atoms with E-state index in [1.54, 1.807) is 42.5 Å². The molecule has 0 aliphatic carbocycles. The van der Waals surface area contributed by atoms with Crippen LogP contribution >= 0.6 is 0 Å². The van der Waals surface area contributed by atoms with Crippen molar-refractivity contribution >= 4 is 5.97 Å². The van der Waals surface area contributed by atoms with Crippen LogP contribution in [-0.4, -0.2) is 70.8 Å². The number of methoxy groups -OCH3 is 1. The van der Waals surface area contributed by atoms with Crippen molar-refractivity contribution in [2.24, 2.45) is 0 Å². The van der Waals surface area contributed by atoms with Crippen LogP contribution in [0.25, 0.3) is 11.1 Å². The molecule has 5 atom stereocenters. The summed E-state index contributed by atoms with van der Waals surface area (Å²) in [5.41, 5.74) is 2.05. The highest BCUT2D eigenvalue weighted by atomic mass is 16.7. The smallest absolute Gasteiger partial charge is 0.337 e. The first-order chi connectivity index (χ1) is 13.4. The molecule has 1 fully saturated rings. The average Bonchev–Trinajstić information content (AvgIpc) is 2.74. The molecule has 0 aromatic heterocycles. The molecule has 0 saturated carbocycles. The number of esters is 1. The van der Waals surface area contributed by atoms with E-state index >= 15 is 0 Å². The zero-order valence-corrected chi connectivity index (χ0v) is 15.1. The van der Waals surface area contributed by atoms with E-state index in [4.69, 9.17) is 9.47 Å². The molecule has 1 heterocycles. The van der Waals surface area contributed by atoms with Crippen molar-refractivity contribution in [2.45, 2.75) is 30.7 Å². The maximum atomic E-state index is 11.5. The largest absolute Gasteiger partial charge is 0.465 e. The van der Waals surface area contributed by atoms with Gasteiger partial charge >= 0.3 is 5.97 Å². The van der Waals surface area contributed by atoms with Crippen molar-refractivity contribution in [1.29, 1.82) is 0 Å². The molecule has 0 bridgehead atoms. The van der Waals surface area contributed by atoms with E-state index in [-0.39, 0.29) is 0 Å². The number of ether oxygens (including phenoxy) is 3. The van der Waals surface area contributed by atoms with Gasteiger partial charge < -0.3 is 34.6 Å². The monoisotopic (exact) mass is 390 g/mol. The van der Waals surface area contributed by atoms with Gasteiger partial charge in [0, 0.05) is 0 Å². The van der Waals surface area contributed by atoms with Crippen molar-refractivity contribution in [3.8, 4) is 16.9 Å². The highest BCUT2D eigenvalue weighted by Gasteiger charge is 2.44. The molecular formula is C20H22O8. The molecule has 2 aromatic carbocycles. The molecule has 150 valence electrons. The van der Waals surface area contributed by atoms with E-state index in [0.717, 1.165) is 11.1 Å². The number of benzene rings is 2. The fourth-order valence-electron chi connectivity index (χ4n) is 2.96. The minimum absolute atomic E-state index is 0.360. The summed E-state index contributed by atoms with van der Waals surface area (Å²) in [5.74, 6) is -0.0647. The molecule has 8 nitrogen and oxygen atoms in total. The first kappa shape index (κ1) is 20.2. The van der Waals surface area contributed by atoms with Crippen LogP contribution in [0.5, 0.6) is 5.75 Å². The van der Waals surface area contributed by atoms with Gasteiger partial charge in [0.25, 0.3) is 0 Å². The van der Waals surface area contributed by atoms with Gasteiger partial charge in [-0.05, 0) is 35.4 Å². The summed E-state index contributed by atoms with van der Waals surface area (Å²) >= 11 is 0. The van der Waals surface area contributed by atoms with E-state index in [1.807, 2.05) is 6.07 Å². The normalized spacial score (nSPS) is 27.2. The van der Waals surface area contributed by atoms with Gasteiger partial charge in [-0.25, -0.2) is 4.79 Å². The third-order valence-electron chi connectivity index (χ3n) is 4.57. The molecule has 0 amide bonds. The summed E-state index contributed by atoms with van der Waals surface area (Å²) in [7, 11) is 1.32. The van der Waals surface area contributed by atoms with E-state index in [0.29, 0.717) is 11.3 Å². The second-order valence-corrected chi connectivity index (χ2v) is 6.41. The number of hydrogen-bond acceptors (Lipinski definition) is 8. The molecule has 8 heteroatoms. The lowest BCUT2D eigenvalue weighted by Gasteiger charge is -2.39. The summed E-state index contributed by atoms with van der Waals surface area (Å²) in [6, 6.07) is 13.7. The van der Waals surface area contributed by atoms with Crippen molar-refractivity contribution in [2.75, 3.05) is 13.7 Å². The molecule has 2 aromatic rings. The van der Waals surface area contributed by atoms with Gasteiger partial charge in [0.1, 0.15) is 30.2 Å². The number of hydrogen-bond donors (Lipinski definition) is 4. The van der Waals surface area contributed by atoms with Crippen LogP contribution in [0.1, 0.15) is 10.4 Å². The summed E-state index contributed by atoms with van der Waals surface area (Å²) in [4.78, 5) is 11.5. The fraction of sp³-hybridized carbons (Fsp3) is 0.350. The van der Waals surface area contributed by atoms with E-state index < -0.39 is 43.3 Å². The zero-order chi connectivity index (χ0) is 20.3. The van der Waals surface area contributed by atoms with Crippen LogP contribution in [0.4, 0.5) is 0 Å². The van der Waals surface area contributed by atoms with Gasteiger partial charge in [-0.1, -0.05) is 24.3 Å². The third kappa shape index (κ3) is 4.16. The predicted octanol–water partition coefficient (Wildman–Crippen LogP) is 0.319. The van der Waals surface area contributed by atoms with Crippen LogP contribution < -0.4 is 4.74 Å². The molecule has 28 heavy (non-hydrogen) atoms. The number of carbonyl (C=O) groups is 1. The molecule has 1 aliphatic rings. The molecule has 3 rings (SSSR count). The van der Waals surface area contributed by atoms with Gasteiger partial charge in [0.2, 0.25) is 6.29 Å². The van der Waals surface area contributed by atoms with Gasteiger partial charge in [0.05, 0.1) is 19.3 Å². The number of aliphatic hydroxyl groups is 4. The Balaban J connectivity index is 1.77. The standard InChI is InChI=1S/C20H22O8/c1-26-19(25)12-7-5-11(6-8-12)13-3-2-4-14(9-13)27-20-18(24)17(23)16(22)15(10-21)28-20/h2-9,15-18,20-24H,10H2,1H3/t15?,16-,17+,18?,20+/m1/s1. The summed E-state index contributed by atoms with van der Waals surface area (Å²) in [5, 5.41) is 39.0. The highest BCUT2D eigenvalue weighted by molar-refractivity contribution is 5.90. The van der Waals surface area contributed by atoms with E-state index in [2.05, 4.69) is 4.74 Å². The van der Waals surface area contributed by atoms with E-state index in [1.165, 1.54) is 7.11 Å². The SMILES string of the molecule is COC(=O)c1ccc(-c2cccc(O[C@H]3OC(CO)[C@@H](O)[C@H](O)C3O)c2)cc1. The van der Waals surface area contributed by atoms with Crippen LogP contribution in [0.2, 0.25) is 0 Å². The van der Waals surface area contributed by atoms with Gasteiger partial charge in [-0.3, -0.25) is 0 Å². The minimum atomic E-state index is -1.51. The maximum absolute atomic E-state index is 11.5. The Kier molecular flexibility index (Phi) is 6.28. The first-order valence-corrected chi connectivity index (χ1v) is 8.70. The van der Waals surface area contributed by atoms with Crippen molar-refractivity contribution in [3.05, 3.63) is 54.1 Å². The topological polar surface area (TPSA) is 126 Å². The Hall–Kier alpha value is -2.49. The second-order valence-electron chi connectivity index (χ2n) is 6.41. The Bertz CT molecular complexity index is 804. The predicted molar refractivity (Wildman–Crippen MR) is 97.6 cm³/mol. The summed E-state index contributed by atoms with van der Waals surface area (Å²) < 4.78 is 15.7. The van der Waals surface area contributed by atoms with Crippen LogP contribution in [-0.2, 0) is 9.47 Å². The second kappa shape index (κ2) is 8.68.